The van der Waals surface area contributed by atoms with Crippen LogP contribution in [0.4, 0.5) is 4.39 Å². The quantitative estimate of drug-likeness (QED) is 0.686. The van der Waals surface area contributed by atoms with Crippen LogP contribution in [0.2, 0.25) is 0 Å². The van der Waals surface area contributed by atoms with Crippen molar-refractivity contribution in [2.24, 2.45) is 0 Å². The monoisotopic (exact) mass is 381 g/mol. The SMILES string of the molecule is CCCC(c1ccc(C#N)cc1)N1CCN(CCOc2ccc(F)cc2)CC1. The highest BCUT2D eigenvalue weighted by molar-refractivity contribution is 5.33. The normalized spacial score (nSPS) is 16.5. The summed E-state index contributed by atoms with van der Waals surface area (Å²) in [5, 5.41) is 9.01. The van der Waals surface area contributed by atoms with Gasteiger partial charge in [0.05, 0.1) is 11.6 Å². The van der Waals surface area contributed by atoms with Gasteiger partial charge >= 0.3 is 0 Å². The zero-order valence-electron chi connectivity index (χ0n) is 16.5. The van der Waals surface area contributed by atoms with Crippen molar-refractivity contribution < 1.29 is 9.13 Å². The van der Waals surface area contributed by atoms with E-state index in [4.69, 9.17) is 10.00 Å². The minimum atomic E-state index is -0.243. The van der Waals surface area contributed by atoms with Crippen molar-refractivity contribution in [3.63, 3.8) is 0 Å². The molecule has 2 aromatic rings. The molecule has 0 aliphatic carbocycles. The van der Waals surface area contributed by atoms with Crippen molar-refractivity contribution in [2.45, 2.75) is 25.8 Å². The Morgan fingerprint density at radius 2 is 1.71 bits per heavy atom. The van der Waals surface area contributed by atoms with E-state index in [0.29, 0.717) is 24.0 Å². The van der Waals surface area contributed by atoms with Crippen LogP contribution >= 0.6 is 0 Å². The molecule has 1 atom stereocenters. The third-order valence-corrected chi connectivity index (χ3v) is 5.32. The number of hydrogen-bond acceptors (Lipinski definition) is 4. The van der Waals surface area contributed by atoms with Gasteiger partial charge < -0.3 is 4.74 Å². The molecule has 0 N–H and O–H groups in total. The third kappa shape index (κ3) is 5.54. The highest BCUT2D eigenvalue weighted by atomic mass is 19.1. The molecule has 3 rings (SSSR count). The summed E-state index contributed by atoms with van der Waals surface area (Å²) in [6.07, 6.45) is 2.26. The van der Waals surface area contributed by atoms with E-state index < -0.39 is 0 Å². The fourth-order valence-electron chi connectivity index (χ4n) is 3.74. The third-order valence-electron chi connectivity index (χ3n) is 5.32. The van der Waals surface area contributed by atoms with E-state index in [2.05, 4.69) is 34.9 Å². The molecule has 1 fully saturated rings. The Morgan fingerprint density at radius 1 is 1.04 bits per heavy atom. The van der Waals surface area contributed by atoms with Gasteiger partial charge in [-0.1, -0.05) is 25.5 Å². The van der Waals surface area contributed by atoms with E-state index in [1.807, 2.05) is 12.1 Å². The number of benzene rings is 2. The van der Waals surface area contributed by atoms with Crippen LogP contribution in [0.25, 0.3) is 0 Å². The van der Waals surface area contributed by atoms with Crippen LogP contribution < -0.4 is 4.74 Å². The van der Waals surface area contributed by atoms with Crippen LogP contribution in [0.5, 0.6) is 5.75 Å². The molecule has 1 aliphatic heterocycles. The van der Waals surface area contributed by atoms with Crippen molar-refractivity contribution in [3.8, 4) is 11.8 Å². The molecule has 0 saturated carbocycles. The molecule has 148 valence electrons. The number of ether oxygens (including phenoxy) is 1. The first-order valence-electron chi connectivity index (χ1n) is 10.0. The maximum Gasteiger partial charge on any atom is 0.123 e. The maximum absolute atomic E-state index is 12.9. The highest BCUT2D eigenvalue weighted by Gasteiger charge is 2.24. The van der Waals surface area contributed by atoms with Gasteiger partial charge in [0.15, 0.2) is 0 Å². The number of nitrogens with zero attached hydrogens (tertiary/aromatic N) is 3. The summed E-state index contributed by atoms with van der Waals surface area (Å²) >= 11 is 0. The van der Waals surface area contributed by atoms with Gasteiger partial charge in [-0.25, -0.2) is 4.39 Å². The molecule has 2 aromatic carbocycles. The van der Waals surface area contributed by atoms with Crippen LogP contribution in [-0.2, 0) is 0 Å². The number of halogens is 1. The van der Waals surface area contributed by atoms with Crippen LogP contribution in [0.1, 0.15) is 36.9 Å². The van der Waals surface area contributed by atoms with Crippen molar-refractivity contribution in [3.05, 3.63) is 65.5 Å². The number of rotatable bonds is 8. The molecule has 1 heterocycles. The lowest BCUT2D eigenvalue weighted by molar-refractivity contribution is 0.0824. The summed E-state index contributed by atoms with van der Waals surface area (Å²) in [7, 11) is 0. The Hall–Kier alpha value is -2.42. The molecule has 1 aliphatic rings. The molecule has 5 heteroatoms. The van der Waals surface area contributed by atoms with Gasteiger partial charge in [0, 0.05) is 38.8 Å². The maximum atomic E-state index is 12.9. The second-order valence-corrected chi connectivity index (χ2v) is 7.22. The topological polar surface area (TPSA) is 39.5 Å². The first kappa shape index (κ1) is 20.3. The van der Waals surface area contributed by atoms with Gasteiger partial charge in [-0.15, -0.1) is 0 Å². The lowest BCUT2D eigenvalue weighted by Gasteiger charge is -2.39. The summed E-state index contributed by atoms with van der Waals surface area (Å²) in [6.45, 7) is 7.80. The van der Waals surface area contributed by atoms with E-state index in [-0.39, 0.29) is 5.82 Å². The number of piperazine rings is 1. The molecule has 1 unspecified atom stereocenters. The molecule has 0 amide bonds. The van der Waals surface area contributed by atoms with Gasteiger partial charge in [0.2, 0.25) is 0 Å². The summed E-state index contributed by atoms with van der Waals surface area (Å²) < 4.78 is 18.7. The average molecular weight is 381 g/mol. The van der Waals surface area contributed by atoms with E-state index in [9.17, 15) is 4.39 Å². The van der Waals surface area contributed by atoms with E-state index >= 15 is 0 Å². The average Bonchev–Trinajstić information content (AvgIpc) is 2.74. The van der Waals surface area contributed by atoms with Crippen molar-refractivity contribution in [1.82, 2.24) is 9.80 Å². The molecular weight excluding hydrogens is 353 g/mol. The molecule has 0 bridgehead atoms. The fourth-order valence-corrected chi connectivity index (χ4v) is 3.74. The second kappa shape index (κ2) is 10.2. The molecule has 0 aromatic heterocycles. The Bertz CT molecular complexity index is 762. The standard InChI is InChI=1S/C23H28FN3O/c1-2-3-23(20-6-4-19(18-25)5-7-20)27-14-12-26(13-15-27)16-17-28-22-10-8-21(24)9-11-22/h4-11,23H,2-3,12-17H2,1H3. The zero-order chi connectivity index (χ0) is 19.8. The van der Waals surface area contributed by atoms with Crippen molar-refractivity contribution in [1.29, 1.82) is 5.26 Å². The number of hydrogen-bond donors (Lipinski definition) is 0. The zero-order valence-corrected chi connectivity index (χ0v) is 16.5. The highest BCUT2D eigenvalue weighted by Crippen LogP contribution is 2.27. The van der Waals surface area contributed by atoms with Gasteiger partial charge in [0.25, 0.3) is 0 Å². The molecule has 1 saturated heterocycles. The van der Waals surface area contributed by atoms with Gasteiger partial charge in [-0.2, -0.15) is 5.26 Å². The molecule has 0 radical (unpaired) electrons. The van der Waals surface area contributed by atoms with Gasteiger partial charge in [0.1, 0.15) is 18.2 Å². The van der Waals surface area contributed by atoms with Crippen LogP contribution in [0.15, 0.2) is 48.5 Å². The van der Waals surface area contributed by atoms with Crippen LogP contribution in [-0.4, -0.2) is 49.1 Å². The van der Waals surface area contributed by atoms with E-state index in [0.717, 1.165) is 45.6 Å². The van der Waals surface area contributed by atoms with Crippen LogP contribution in [0, 0.1) is 17.1 Å². The summed E-state index contributed by atoms with van der Waals surface area (Å²) in [5.41, 5.74) is 2.01. The fraction of sp³-hybridized carbons (Fsp3) is 0.435. The smallest absolute Gasteiger partial charge is 0.123 e. The second-order valence-electron chi connectivity index (χ2n) is 7.22. The molecular formula is C23H28FN3O. The predicted octanol–water partition coefficient (Wildman–Crippen LogP) is 4.24. The lowest BCUT2D eigenvalue weighted by atomic mass is 9.98. The Morgan fingerprint density at radius 3 is 2.32 bits per heavy atom. The van der Waals surface area contributed by atoms with Gasteiger partial charge in [-0.3, -0.25) is 9.80 Å². The van der Waals surface area contributed by atoms with Gasteiger partial charge in [-0.05, 0) is 48.4 Å². The first-order valence-corrected chi connectivity index (χ1v) is 10.0. The largest absolute Gasteiger partial charge is 0.492 e. The van der Waals surface area contributed by atoms with E-state index in [1.165, 1.54) is 17.7 Å². The number of nitriles is 1. The first-order chi connectivity index (χ1) is 13.7. The Kier molecular flexibility index (Phi) is 7.41. The van der Waals surface area contributed by atoms with E-state index in [1.54, 1.807) is 12.1 Å². The van der Waals surface area contributed by atoms with Crippen molar-refractivity contribution >= 4 is 0 Å². The lowest BCUT2D eigenvalue weighted by Crippen LogP contribution is -2.48. The molecule has 0 spiro atoms. The molecule has 28 heavy (non-hydrogen) atoms. The summed E-state index contributed by atoms with van der Waals surface area (Å²) in [5.74, 6) is 0.469. The van der Waals surface area contributed by atoms with Crippen molar-refractivity contribution in [2.75, 3.05) is 39.3 Å². The Labute approximate surface area is 167 Å². The summed E-state index contributed by atoms with van der Waals surface area (Å²) in [6, 6.07) is 16.8. The molecule has 4 nitrogen and oxygen atoms in total. The minimum Gasteiger partial charge on any atom is -0.492 e. The van der Waals surface area contributed by atoms with Crippen LogP contribution in [0.3, 0.4) is 0 Å². The minimum absolute atomic E-state index is 0.243. The summed E-state index contributed by atoms with van der Waals surface area (Å²) in [4.78, 5) is 4.98. The predicted molar refractivity (Wildman–Crippen MR) is 109 cm³/mol. The Balaban J connectivity index is 1.48.